The Hall–Kier alpha value is -2.12. The van der Waals surface area contributed by atoms with E-state index in [-0.39, 0.29) is 0 Å². The summed E-state index contributed by atoms with van der Waals surface area (Å²) in [6.45, 7) is 1.85. The molecule has 1 aromatic carbocycles. The summed E-state index contributed by atoms with van der Waals surface area (Å²) in [5, 5.41) is 10.4. The second-order valence-corrected chi connectivity index (χ2v) is 6.82. The lowest BCUT2D eigenvalue weighted by atomic mass is 10.2. The lowest BCUT2D eigenvalue weighted by molar-refractivity contribution is 0.0699. The number of hydrogen-bond acceptors (Lipinski definition) is 6. The van der Waals surface area contributed by atoms with Crippen LogP contribution in [0.15, 0.2) is 38.7 Å². The van der Waals surface area contributed by atoms with Crippen LogP contribution < -0.4 is 9.47 Å². The first-order valence-corrected chi connectivity index (χ1v) is 8.32. The van der Waals surface area contributed by atoms with Crippen LogP contribution >= 0.6 is 23.1 Å². The fourth-order valence-electron chi connectivity index (χ4n) is 2.23. The fourth-order valence-corrected chi connectivity index (χ4v) is 4.49. The zero-order chi connectivity index (χ0) is 16.6. The molecule has 2 heterocycles. The Morgan fingerprint density at radius 2 is 1.96 bits per heavy atom. The number of carboxylic acid groups (broad SMARTS) is 1. The number of furan rings is 1. The summed E-state index contributed by atoms with van der Waals surface area (Å²) in [6.07, 6.45) is 1.59. The molecule has 3 aromatic rings. The van der Waals surface area contributed by atoms with Crippen molar-refractivity contribution in [3.63, 3.8) is 0 Å². The predicted molar refractivity (Wildman–Crippen MR) is 89.5 cm³/mol. The maximum atomic E-state index is 11.6. The van der Waals surface area contributed by atoms with E-state index in [0.717, 1.165) is 20.7 Å². The molecule has 0 saturated heterocycles. The third-order valence-electron chi connectivity index (χ3n) is 3.37. The molecule has 0 fully saturated rings. The molecular weight excluding hydrogens is 336 g/mol. The Balaban J connectivity index is 2.22. The lowest BCUT2D eigenvalue weighted by Gasteiger charge is -2.08. The van der Waals surface area contributed by atoms with Gasteiger partial charge in [-0.05, 0) is 19.1 Å². The van der Waals surface area contributed by atoms with Gasteiger partial charge in [0.15, 0.2) is 11.5 Å². The predicted octanol–water partition coefficient (Wildman–Crippen LogP) is 4.67. The number of ether oxygens (including phenoxy) is 2. The van der Waals surface area contributed by atoms with Crippen LogP contribution in [0.3, 0.4) is 0 Å². The number of benzene rings is 1. The summed E-state index contributed by atoms with van der Waals surface area (Å²) in [5.74, 6) is 0.952. The van der Waals surface area contributed by atoms with Crippen LogP contribution in [0.1, 0.15) is 15.4 Å². The molecule has 23 heavy (non-hydrogen) atoms. The van der Waals surface area contributed by atoms with Gasteiger partial charge in [0, 0.05) is 21.0 Å². The van der Waals surface area contributed by atoms with Crippen LogP contribution in [0, 0.1) is 6.92 Å². The molecule has 3 rings (SSSR count). The minimum atomic E-state index is -0.951. The Morgan fingerprint density at radius 1 is 1.26 bits per heavy atom. The lowest BCUT2D eigenvalue weighted by Crippen LogP contribution is -1.93. The molecule has 0 bridgehead atoms. The number of methoxy groups -OCH3 is 2. The Bertz CT molecular complexity index is 878. The van der Waals surface area contributed by atoms with Gasteiger partial charge in [0.05, 0.1) is 25.4 Å². The van der Waals surface area contributed by atoms with Gasteiger partial charge in [-0.2, -0.15) is 0 Å². The van der Waals surface area contributed by atoms with Crippen molar-refractivity contribution in [1.29, 1.82) is 0 Å². The summed E-state index contributed by atoms with van der Waals surface area (Å²) >= 11 is 2.61. The Morgan fingerprint density at radius 3 is 2.52 bits per heavy atom. The van der Waals surface area contributed by atoms with E-state index in [9.17, 15) is 9.90 Å². The first-order valence-electron chi connectivity index (χ1n) is 6.69. The van der Waals surface area contributed by atoms with E-state index in [1.807, 2.05) is 19.1 Å². The molecule has 5 nitrogen and oxygen atoms in total. The SMILES string of the molecule is COc1cc2sc(C(=O)O)c(Sc3ccoc3C)c2cc1OC. The van der Waals surface area contributed by atoms with Gasteiger partial charge in [0.1, 0.15) is 10.6 Å². The average molecular weight is 350 g/mol. The number of fused-ring (bicyclic) bond motifs is 1. The zero-order valence-corrected chi connectivity index (χ0v) is 14.3. The number of carboxylic acids is 1. The second kappa shape index (κ2) is 6.17. The minimum Gasteiger partial charge on any atom is -0.493 e. The summed E-state index contributed by atoms with van der Waals surface area (Å²) < 4.78 is 16.8. The van der Waals surface area contributed by atoms with Gasteiger partial charge in [-0.1, -0.05) is 11.8 Å². The van der Waals surface area contributed by atoms with Crippen molar-refractivity contribution in [3.8, 4) is 11.5 Å². The topological polar surface area (TPSA) is 68.9 Å². The van der Waals surface area contributed by atoms with Crippen LogP contribution in [-0.2, 0) is 0 Å². The quantitative estimate of drug-likeness (QED) is 0.721. The van der Waals surface area contributed by atoms with Gasteiger partial charge in [-0.25, -0.2) is 4.79 Å². The van der Waals surface area contributed by atoms with E-state index in [1.54, 1.807) is 26.5 Å². The molecule has 0 aliphatic carbocycles. The standard InChI is InChI=1S/C16H14O5S2/c1-8-12(4-5-21-8)22-14-9-6-10(19-2)11(20-3)7-13(9)23-15(14)16(17)18/h4-7H,1-3H3,(H,17,18). The minimum absolute atomic E-state index is 0.293. The summed E-state index contributed by atoms with van der Waals surface area (Å²) in [4.78, 5) is 13.5. The first kappa shape index (κ1) is 15.8. The van der Waals surface area contributed by atoms with Crippen LogP contribution in [0.5, 0.6) is 11.5 Å². The van der Waals surface area contributed by atoms with E-state index in [4.69, 9.17) is 13.9 Å². The highest BCUT2D eigenvalue weighted by Gasteiger charge is 2.22. The van der Waals surface area contributed by atoms with Gasteiger partial charge in [-0.15, -0.1) is 11.3 Å². The first-order chi connectivity index (χ1) is 11.0. The zero-order valence-electron chi connectivity index (χ0n) is 12.7. The molecule has 1 N–H and O–H groups in total. The molecule has 0 spiro atoms. The third-order valence-corrected chi connectivity index (χ3v) is 5.91. The van der Waals surface area contributed by atoms with Gasteiger partial charge in [0.2, 0.25) is 0 Å². The third kappa shape index (κ3) is 2.77. The molecular formula is C16H14O5S2. The fraction of sp³-hybridized carbons (Fsp3) is 0.188. The van der Waals surface area contributed by atoms with Gasteiger partial charge >= 0.3 is 5.97 Å². The Kier molecular flexibility index (Phi) is 4.23. The van der Waals surface area contributed by atoms with E-state index in [1.165, 1.54) is 23.1 Å². The molecule has 0 amide bonds. The van der Waals surface area contributed by atoms with Crippen molar-refractivity contribution in [2.75, 3.05) is 14.2 Å². The monoisotopic (exact) mass is 350 g/mol. The number of rotatable bonds is 5. The van der Waals surface area contributed by atoms with E-state index in [0.29, 0.717) is 21.3 Å². The van der Waals surface area contributed by atoms with Gasteiger partial charge in [0.25, 0.3) is 0 Å². The van der Waals surface area contributed by atoms with Crippen LogP contribution in [0.4, 0.5) is 0 Å². The molecule has 0 aliphatic rings. The van der Waals surface area contributed by atoms with Gasteiger partial charge in [-0.3, -0.25) is 0 Å². The molecule has 0 atom stereocenters. The highest BCUT2D eigenvalue weighted by molar-refractivity contribution is 7.99. The largest absolute Gasteiger partial charge is 0.493 e. The summed E-state index contributed by atoms with van der Waals surface area (Å²) in [7, 11) is 3.11. The molecule has 0 saturated carbocycles. The number of carbonyl (C=O) groups is 1. The summed E-state index contributed by atoms with van der Waals surface area (Å²) in [6, 6.07) is 5.45. The van der Waals surface area contributed by atoms with Crippen LogP contribution in [0.25, 0.3) is 10.1 Å². The second-order valence-electron chi connectivity index (χ2n) is 4.71. The Labute approximate surface area is 140 Å². The normalized spacial score (nSPS) is 10.9. The molecule has 0 radical (unpaired) electrons. The molecule has 2 aromatic heterocycles. The highest BCUT2D eigenvalue weighted by atomic mass is 32.2. The smallest absolute Gasteiger partial charge is 0.347 e. The van der Waals surface area contributed by atoms with E-state index in [2.05, 4.69) is 0 Å². The van der Waals surface area contributed by atoms with Gasteiger partial charge < -0.3 is 19.0 Å². The van der Waals surface area contributed by atoms with Crippen molar-refractivity contribution < 1.29 is 23.8 Å². The van der Waals surface area contributed by atoms with Crippen molar-refractivity contribution >= 4 is 39.2 Å². The van der Waals surface area contributed by atoms with Crippen molar-refractivity contribution in [2.24, 2.45) is 0 Å². The van der Waals surface area contributed by atoms with Crippen molar-refractivity contribution in [1.82, 2.24) is 0 Å². The molecule has 0 unspecified atom stereocenters. The van der Waals surface area contributed by atoms with Crippen molar-refractivity contribution in [3.05, 3.63) is 35.1 Å². The molecule has 0 aliphatic heterocycles. The van der Waals surface area contributed by atoms with Crippen LogP contribution in [0.2, 0.25) is 0 Å². The average Bonchev–Trinajstić information content (AvgIpc) is 3.10. The number of aromatic carboxylic acids is 1. The van der Waals surface area contributed by atoms with E-state index < -0.39 is 5.97 Å². The molecule has 7 heteroatoms. The maximum Gasteiger partial charge on any atom is 0.347 e. The van der Waals surface area contributed by atoms with Crippen LogP contribution in [-0.4, -0.2) is 25.3 Å². The maximum absolute atomic E-state index is 11.6. The number of aryl methyl sites for hydroxylation is 1. The number of hydrogen-bond donors (Lipinski definition) is 1. The molecule has 120 valence electrons. The van der Waals surface area contributed by atoms with E-state index >= 15 is 0 Å². The summed E-state index contributed by atoms with van der Waals surface area (Å²) in [5.41, 5.74) is 0. The highest BCUT2D eigenvalue weighted by Crippen LogP contribution is 2.46. The number of thiophene rings is 1. The van der Waals surface area contributed by atoms with Crippen molar-refractivity contribution in [2.45, 2.75) is 16.7 Å².